The second kappa shape index (κ2) is 10.3. The van der Waals surface area contributed by atoms with E-state index in [9.17, 15) is 9.59 Å². The number of carbonyl (C=O) groups excluding carboxylic acids is 2. The summed E-state index contributed by atoms with van der Waals surface area (Å²) in [6.45, 7) is 3.98. The largest absolute Gasteiger partial charge is 0.352 e. The number of carbonyl (C=O) groups is 2. The number of amides is 3. The maximum Gasteiger partial charge on any atom is 0.321 e. The molecule has 29 heavy (non-hydrogen) atoms. The van der Waals surface area contributed by atoms with Gasteiger partial charge in [0.1, 0.15) is 0 Å². The monoisotopic (exact) mass is 413 g/mol. The van der Waals surface area contributed by atoms with E-state index in [4.69, 9.17) is 11.6 Å². The molecule has 0 aliphatic carbocycles. The molecule has 3 rings (SSSR count). The van der Waals surface area contributed by atoms with E-state index < -0.39 is 0 Å². The molecule has 2 aromatic rings. The Bertz CT molecular complexity index is 821. The van der Waals surface area contributed by atoms with Crippen LogP contribution in [0.2, 0.25) is 5.02 Å². The van der Waals surface area contributed by atoms with Crippen LogP contribution in [0.3, 0.4) is 0 Å². The van der Waals surface area contributed by atoms with E-state index in [1.54, 1.807) is 0 Å². The number of piperidine rings is 1. The third-order valence-electron chi connectivity index (χ3n) is 5.29. The molecule has 2 aromatic carbocycles. The second-order valence-electron chi connectivity index (χ2n) is 7.69. The van der Waals surface area contributed by atoms with Crippen molar-refractivity contribution in [1.82, 2.24) is 10.2 Å². The van der Waals surface area contributed by atoms with Gasteiger partial charge in [0.2, 0.25) is 5.91 Å². The van der Waals surface area contributed by atoms with Gasteiger partial charge in [-0.1, -0.05) is 41.4 Å². The van der Waals surface area contributed by atoms with Crippen molar-refractivity contribution in [2.24, 2.45) is 5.92 Å². The van der Waals surface area contributed by atoms with Gasteiger partial charge in [-0.3, -0.25) is 4.79 Å². The van der Waals surface area contributed by atoms with E-state index >= 15 is 0 Å². The van der Waals surface area contributed by atoms with Crippen molar-refractivity contribution in [2.45, 2.75) is 39.2 Å². The Hall–Kier alpha value is -2.53. The maximum absolute atomic E-state index is 12.5. The number of halogens is 1. The quantitative estimate of drug-likeness (QED) is 0.700. The van der Waals surface area contributed by atoms with Crippen LogP contribution in [-0.2, 0) is 11.3 Å². The number of urea groups is 1. The predicted octanol–water partition coefficient (Wildman–Crippen LogP) is 4.99. The number of nitrogens with one attached hydrogen (secondary N) is 2. The summed E-state index contributed by atoms with van der Waals surface area (Å²) in [4.78, 5) is 26.6. The zero-order chi connectivity index (χ0) is 20.6. The predicted molar refractivity (Wildman–Crippen MR) is 117 cm³/mol. The number of rotatable bonds is 6. The minimum absolute atomic E-state index is 0.0428. The first kappa shape index (κ1) is 21.2. The third kappa shape index (κ3) is 6.79. The molecule has 5 nitrogen and oxygen atoms in total. The first-order valence-corrected chi connectivity index (χ1v) is 10.5. The number of nitrogens with zero attached hydrogens (tertiary/aromatic N) is 1. The van der Waals surface area contributed by atoms with E-state index in [1.807, 2.05) is 60.4 Å². The molecular formula is C23H28ClN3O2. The number of hydrogen-bond acceptors (Lipinski definition) is 2. The number of benzene rings is 2. The van der Waals surface area contributed by atoms with Crippen LogP contribution in [0, 0.1) is 12.8 Å². The summed E-state index contributed by atoms with van der Waals surface area (Å²) in [5, 5.41) is 6.61. The lowest BCUT2D eigenvalue weighted by Crippen LogP contribution is -2.42. The van der Waals surface area contributed by atoms with Crippen molar-refractivity contribution >= 4 is 29.2 Å². The van der Waals surface area contributed by atoms with Gasteiger partial charge in [-0.2, -0.15) is 0 Å². The molecule has 1 unspecified atom stereocenters. The van der Waals surface area contributed by atoms with Gasteiger partial charge < -0.3 is 15.5 Å². The first-order valence-electron chi connectivity index (χ1n) is 10.1. The van der Waals surface area contributed by atoms with Crippen LogP contribution in [0.1, 0.15) is 36.8 Å². The van der Waals surface area contributed by atoms with Crippen LogP contribution < -0.4 is 10.6 Å². The van der Waals surface area contributed by atoms with Crippen molar-refractivity contribution in [3.05, 3.63) is 64.7 Å². The summed E-state index contributed by atoms with van der Waals surface area (Å²) in [7, 11) is 0. The van der Waals surface area contributed by atoms with Crippen LogP contribution in [0.25, 0.3) is 0 Å². The molecule has 2 N–H and O–H groups in total. The zero-order valence-electron chi connectivity index (χ0n) is 16.8. The summed E-state index contributed by atoms with van der Waals surface area (Å²) in [6, 6.07) is 15.2. The normalized spacial score (nSPS) is 16.3. The SMILES string of the molecule is Cc1ccc(NC(=O)N2CCCC(CCC(=O)NCc3ccc(Cl)cc3)C2)cc1. The molecule has 0 saturated carbocycles. The highest BCUT2D eigenvalue weighted by atomic mass is 35.5. The Morgan fingerprint density at radius 1 is 1.10 bits per heavy atom. The minimum Gasteiger partial charge on any atom is -0.352 e. The van der Waals surface area contributed by atoms with Crippen LogP contribution in [0.15, 0.2) is 48.5 Å². The molecule has 0 spiro atoms. The van der Waals surface area contributed by atoms with Gasteiger partial charge in [0.05, 0.1) is 0 Å². The highest BCUT2D eigenvalue weighted by Crippen LogP contribution is 2.22. The molecule has 0 aromatic heterocycles. The first-order chi connectivity index (χ1) is 14.0. The van der Waals surface area contributed by atoms with Crippen LogP contribution >= 0.6 is 11.6 Å². The van der Waals surface area contributed by atoms with Gasteiger partial charge in [0, 0.05) is 36.8 Å². The molecular weight excluding hydrogens is 386 g/mol. The average Bonchev–Trinajstić information content (AvgIpc) is 2.73. The second-order valence-corrected chi connectivity index (χ2v) is 8.13. The molecule has 3 amide bonds. The summed E-state index contributed by atoms with van der Waals surface area (Å²) in [5.74, 6) is 0.398. The van der Waals surface area contributed by atoms with Crippen molar-refractivity contribution in [1.29, 1.82) is 0 Å². The molecule has 6 heteroatoms. The summed E-state index contributed by atoms with van der Waals surface area (Å²) in [5.41, 5.74) is 3.00. The van der Waals surface area contributed by atoms with Gasteiger partial charge in [0.15, 0.2) is 0 Å². The number of anilines is 1. The Balaban J connectivity index is 1.40. The molecule has 1 heterocycles. The van der Waals surface area contributed by atoms with Gasteiger partial charge >= 0.3 is 6.03 Å². The van der Waals surface area contributed by atoms with Crippen LogP contribution in [0.4, 0.5) is 10.5 Å². The van der Waals surface area contributed by atoms with Gasteiger partial charge in [-0.05, 0) is 61.9 Å². The van der Waals surface area contributed by atoms with Gasteiger partial charge in [-0.15, -0.1) is 0 Å². The van der Waals surface area contributed by atoms with E-state index in [0.29, 0.717) is 30.5 Å². The average molecular weight is 414 g/mol. The Morgan fingerprint density at radius 3 is 2.55 bits per heavy atom. The maximum atomic E-state index is 12.5. The van der Waals surface area contributed by atoms with Crippen molar-refractivity contribution < 1.29 is 9.59 Å². The number of likely N-dealkylation sites (tertiary alicyclic amines) is 1. The van der Waals surface area contributed by atoms with E-state index in [1.165, 1.54) is 0 Å². The number of aryl methyl sites for hydroxylation is 1. The zero-order valence-corrected chi connectivity index (χ0v) is 17.5. The topological polar surface area (TPSA) is 61.4 Å². The van der Waals surface area contributed by atoms with E-state index in [0.717, 1.165) is 42.6 Å². The summed E-state index contributed by atoms with van der Waals surface area (Å²) >= 11 is 5.88. The molecule has 1 atom stereocenters. The minimum atomic E-state index is -0.0641. The summed E-state index contributed by atoms with van der Waals surface area (Å²) in [6.07, 6.45) is 3.30. The lowest BCUT2D eigenvalue weighted by molar-refractivity contribution is -0.121. The van der Waals surface area contributed by atoms with Gasteiger partial charge in [0.25, 0.3) is 0 Å². The smallest absolute Gasteiger partial charge is 0.321 e. The van der Waals surface area contributed by atoms with Crippen molar-refractivity contribution in [3.8, 4) is 0 Å². The molecule has 0 radical (unpaired) electrons. The molecule has 1 aliphatic heterocycles. The fourth-order valence-corrected chi connectivity index (χ4v) is 3.68. The lowest BCUT2D eigenvalue weighted by atomic mass is 9.93. The van der Waals surface area contributed by atoms with Crippen molar-refractivity contribution in [3.63, 3.8) is 0 Å². The molecule has 1 aliphatic rings. The Labute approximate surface area is 177 Å². The molecule has 1 saturated heterocycles. The fourth-order valence-electron chi connectivity index (χ4n) is 3.55. The van der Waals surface area contributed by atoms with E-state index in [2.05, 4.69) is 10.6 Å². The van der Waals surface area contributed by atoms with Gasteiger partial charge in [-0.25, -0.2) is 4.79 Å². The van der Waals surface area contributed by atoms with Crippen LogP contribution in [-0.4, -0.2) is 29.9 Å². The van der Waals surface area contributed by atoms with Crippen LogP contribution in [0.5, 0.6) is 0 Å². The standard InChI is InChI=1S/C23H28ClN3O2/c1-17-4-11-21(12-5-17)26-23(29)27-14-2-3-19(16-27)8-13-22(28)25-15-18-6-9-20(24)10-7-18/h4-7,9-12,19H,2-3,8,13-16H2,1H3,(H,25,28)(H,26,29). The summed E-state index contributed by atoms with van der Waals surface area (Å²) < 4.78 is 0. The molecule has 0 bridgehead atoms. The highest BCUT2D eigenvalue weighted by molar-refractivity contribution is 6.30. The number of hydrogen-bond donors (Lipinski definition) is 2. The Kier molecular flexibility index (Phi) is 7.53. The molecule has 154 valence electrons. The fraction of sp³-hybridized carbons (Fsp3) is 0.391. The highest BCUT2D eigenvalue weighted by Gasteiger charge is 2.24. The third-order valence-corrected chi connectivity index (χ3v) is 5.54. The van der Waals surface area contributed by atoms with Crippen molar-refractivity contribution in [2.75, 3.05) is 18.4 Å². The Morgan fingerprint density at radius 2 is 1.83 bits per heavy atom. The lowest BCUT2D eigenvalue weighted by Gasteiger charge is -2.32. The molecule has 1 fully saturated rings. The van der Waals surface area contributed by atoms with E-state index in [-0.39, 0.29) is 11.9 Å².